The molecule has 5 rings (SSSR count). The van der Waals surface area contributed by atoms with Gasteiger partial charge in [-0.1, -0.05) is 6.07 Å². The molecule has 0 spiro atoms. The second-order valence-corrected chi connectivity index (χ2v) is 7.84. The summed E-state index contributed by atoms with van der Waals surface area (Å²) in [4.78, 5) is 27.1. The first-order valence-corrected chi connectivity index (χ1v) is 10.6. The van der Waals surface area contributed by atoms with Crippen molar-refractivity contribution >= 4 is 23.4 Å². The van der Waals surface area contributed by atoms with Crippen molar-refractivity contribution in [3.8, 4) is 11.5 Å². The van der Waals surface area contributed by atoms with Crippen molar-refractivity contribution in [1.82, 2.24) is 14.7 Å². The fraction of sp³-hybridized carbons (Fsp3) is 0.261. The summed E-state index contributed by atoms with van der Waals surface area (Å²) in [5.74, 6) is 1.27. The van der Waals surface area contributed by atoms with Crippen molar-refractivity contribution in [2.75, 3.05) is 30.5 Å². The molecule has 2 N–H and O–H groups in total. The molecule has 0 atom stereocenters. The number of amides is 3. The van der Waals surface area contributed by atoms with E-state index in [1.54, 1.807) is 46.1 Å². The standard InChI is InChI=1S/C23H22FN5O4/c24-16-2-1-3-17(13-16)26-23(31)27-21-6-9-25-29(21)18-7-10-28(11-8-18)22(30)15-4-5-19-20(12-15)33-14-32-19/h1-6,9,12-13,18H,7-8,10-11,14H2,(H2,26,27,31). The number of nitrogens with zero attached hydrogens (tertiary/aromatic N) is 3. The number of likely N-dealkylation sites (tertiary alicyclic amines) is 1. The van der Waals surface area contributed by atoms with E-state index >= 15 is 0 Å². The first kappa shape index (κ1) is 20.8. The molecule has 3 amide bonds. The molecule has 0 radical (unpaired) electrons. The largest absolute Gasteiger partial charge is 0.454 e. The maximum atomic E-state index is 13.3. The lowest BCUT2D eigenvalue weighted by atomic mass is 10.0. The third-order valence-corrected chi connectivity index (χ3v) is 5.71. The lowest BCUT2D eigenvalue weighted by molar-refractivity contribution is 0.0690. The number of hydrogen-bond acceptors (Lipinski definition) is 5. The van der Waals surface area contributed by atoms with Gasteiger partial charge in [0, 0.05) is 30.4 Å². The quantitative estimate of drug-likeness (QED) is 0.628. The number of nitrogens with one attached hydrogen (secondary N) is 2. The lowest BCUT2D eigenvalue weighted by Crippen LogP contribution is -2.39. The van der Waals surface area contributed by atoms with Crippen molar-refractivity contribution in [3.63, 3.8) is 0 Å². The van der Waals surface area contributed by atoms with Gasteiger partial charge in [0.1, 0.15) is 11.6 Å². The predicted octanol–water partition coefficient (Wildman–Crippen LogP) is 3.87. The van der Waals surface area contributed by atoms with Crippen LogP contribution in [0.1, 0.15) is 29.2 Å². The summed E-state index contributed by atoms with van der Waals surface area (Å²) in [5, 5.41) is 9.73. The summed E-state index contributed by atoms with van der Waals surface area (Å²) >= 11 is 0. The number of piperidine rings is 1. The fourth-order valence-corrected chi connectivity index (χ4v) is 4.07. The Morgan fingerprint density at radius 2 is 1.82 bits per heavy atom. The third kappa shape index (κ3) is 4.45. The molecule has 33 heavy (non-hydrogen) atoms. The highest BCUT2D eigenvalue weighted by Crippen LogP contribution is 2.33. The minimum Gasteiger partial charge on any atom is -0.454 e. The van der Waals surface area contributed by atoms with Crippen LogP contribution < -0.4 is 20.1 Å². The molecule has 2 aliphatic heterocycles. The van der Waals surface area contributed by atoms with Gasteiger partial charge in [-0.2, -0.15) is 5.10 Å². The fourth-order valence-electron chi connectivity index (χ4n) is 4.07. The topological polar surface area (TPSA) is 97.7 Å². The zero-order chi connectivity index (χ0) is 22.8. The Balaban J connectivity index is 1.19. The SMILES string of the molecule is O=C(Nc1cccc(F)c1)Nc1ccnn1C1CCN(C(=O)c2ccc3c(c2)OCO3)CC1. The van der Waals surface area contributed by atoms with Crippen LogP contribution in [0, 0.1) is 5.82 Å². The van der Waals surface area contributed by atoms with Crippen LogP contribution in [0.3, 0.4) is 0 Å². The van der Waals surface area contributed by atoms with Gasteiger partial charge in [-0.25, -0.2) is 13.9 Å². The maximum absolute atomic E-state index is 13.3. The number of carbonyl (C=O) groups excluding carboxylic acids is 2. The molecule has 1 saturated heterocycles. The van der Waals surface area contributed by atoms with Crippen molar-refractivity contribution in [3.05, 3.63) is 66.1 Å². The van der Waals surface area contributed by atoms with Crippen LogP contribution in [0.5, 0.6) is 11.5 Å². The van der Waals surface area contributed by atoms with Crippen molar-refractivity contribution in [2.24, 2.45) is 0 Å². The van der Waals surface area contributed by atoms with Gasteiger partial charge in [-0.05, 0) is 49.2 Å². The number of benzene rings is 2. The Kier molecular flexibility index (Phi) is 5.55. The second-order valence-electron chi connectivity index (χ2n) is 7.84. The van der Waals surface area contributed by atoms with E-state index in [1.807, 2.05) is 0 Å². The smallest absolute Gasteiger partial charge is 0.324 e. The van der Waals surface area contributed by atoms with E-state index in [0.29, 0.717) is 54.5 Å². The van der Waals surface area contributed by atoms with Gasteiger partial charge in [-0.3, -0.25) is 10.1 Å². The molecule has 1 fully saturated rings. The minimum absolute atomic E-state index is 0.0327. The number of rotatable bonds is 4. The summed E-state index contributed by atoms with van der Waals surface area (Å²) in [6, 6.07) is 12.1. The first-order valence-electron chi connectivity index (χ1n) is 10.6. The Morgan fingerprint density at radius 3 is 2.64 bits per heavy atom. The van der Waals surface area contributed by atoms with Gasteiger partial charge in [0.2, 0.25) is 6.79 Å². The molecule has 2 aliphatic rings. The number of fused-ring (bicyclic) bond motifs is 1. The summed E-state index contributed by atoms with van der Waals surface area (Å²) in [6.07, 6.45) is 3.00. The molecular weight excluding hydrogens is 429 g/mol. The average molecular weight is 451 g/mol. The van der Waals surface area contributed by atoms with Crippen molar-refractivity contribution < 1.29 is 23.5 Å². The molecule has 2 aromatic carbocycles. The van der Waals surface area contributed by atoms with E-state index in [4.69, 9.17) is 9.47 Å². The van der Waals surface area contributed by atoms with Crippen LogP contribution in [0.2, 0.25) is 0 Å². The number of aromatic nitrogens is 2. The molecule has 0 saturated carbocycles. The van der Waals surface area contributed by atoms with E-state index < -0.39 is 11.8 Å². The van der Waals surface area contributed by atoms with E-state index in [0.717, 1.165) is 0 Å². The van der Waals surface area contributed by atoms with Crippen LogP contribution in [0.25, 0.3) is 0 Å². The lowest BCUT2D eigenvalue weighted by Gasteiger charge is -2.32. The zero-order valence-electron chi connectivity index (χ0n) is 17.7. The molecule has 170 valence electrons. The Labute approximate surface area is 189 Å². The van der Waals surface area contributed by atoms with Gasteiger partial charge in [0.05, 0.1) is 12.2 Å². The highest BCUT2D eigenvalue weighted by atomic mass is 19.1. The molecular formula is C23H22FN5O4. The minimum atomic E-state index is -0.488. The number of anilines is 2. The highest BCUT2D eigenvalue weighted by molar-refractivity contribution is 5.99. The Bertz CT molecular complexity index is 1190. The summed E-state index contributed by atoms with van der Waals surface area (Å²) in [7, 11) is 0. The van der Waals surface area contributed by atoms with Crippen molar-refractivity contribution in [2.45, 2.75) is 18.9 Å². The molecule has 9 nitrogen and oxygen atoms in total. The third-order valence-electron chi connectivity index (χ3n) is 5.71. The molecule has 0 aliphatic carbocycles. The van der Waals surface area contributed by atoms with Gasteiger partial charge in [-0.15, -0.1) is 0 Å². The van der Waals surface area contributed by atoms with Gasteiger partial charge in [0.15, 0.2) is 11.5 Å². The van der Waals surface area contributed by atoms with Crippen LogP contribution in [0.15, 0.2) is 54.7 Å². The normalized spacial score (nSPS) is 15.4. The van der Waals surface area contributed by atoms with E-state index in [9.17, 15) is 14.0 Å². The summed E-state index contributed by atoms with van der Waals surface area (Å²) in [5.41, 5.74) is 0.919. The predicted molar refractivity (Wildman–Crippen MR) is 118 cm³/mol. The summed E-state index contributed by atoms with van der Waals surface area (Å²) < 4.78 is 25.8. The maximum Gasteiger partial charge on any atom is 0.324 e. The Morgan fingerprint density at radius 1 is 1.00 bits per heavy atom. The number of ether oxygens (including phenoxy) is 2. The first-order chi connectivity index (χ1) is 16.1. The van der Waals surface area contributed by atoms with Crippen LogP contribution in [-0.2, 0) is 0 Å². The molecule has 1 aromatic heterocycles. The number of hydrogen-bond donors (Lipinski definition) is 2. The van der Waals surface area contributed by atoms with Gasteiger partial charge in [0.25, 0.3) is 5.91 Å². The van der Waals surface area contributed by atoms with Crippen LogP contribution >= 0.6 is 0 Å². The number of halogens is 1. The average Bonchev–Trinajstić information content (AvgIpc) is 3.47. The van der Waals surface area contributed by atoms with Crippen LogP contribution in [-0.4, -0.2) is 46.5 Å². The number of carbonyl (C=O) groups is 2. The second kappa shape index (κ2) is 8.81. The van der Waals surface area contributed by atoms with E-state index in [-0.39, 0.29) is 18.7 Å². The van der Waals surface area contributed by atoms with Crippen LogP contribution in [0.4, 0.5) is 20.7 Å². The van der Waals surface area contributed by atoms with Crippen molar-refractivity contribution in [1.29, 1.82) is 0 Å². The Hall–Kier alpha value is -4.08. The summed E-state index contributed by atoms with van der Waals surface area (Å²) in [6.45, 7) is 1.29. The number of urea groups is 1. The molecule has 3 aromatic rings. The highest BCUT2D eigenvalue weighted by Gasteiger charge is 2.27. The van der Waals surface area contributed by atoms with E-state index in [2.05, 4.69) is 15.7 Å². The van der Waals surface area contributed by atoms with Gasteiger partial charge >= 0.3 is 6.03 Å². The zero-order valence-corrected chi connectivity index (χ0v) is 17.7. The molecule has 10 heteroatoms. The van der Waals surface area contributed by atoms with Gasteiger partial charge < -0.3 is 19.7 Å². The molecule has 3 heterocycles. The molecule has 0 unspecified atom stereocenters. The monoisotopic (exact) mass is 451 g/mol. The molecule has 0 bridgehead atoms. The van der Waals surface area contributed by atoms with E-state index in [1.165, 1.54) is 18.2 Å².